The van der Waals surface area contributed by atoms with Crippen LogP contribution in [0.4, 0.5) is 4.39 Å². The first-order valence-corrected chi connectivity index (χ1v) is 5.68. The normalized spacial score (nSPS) is 10.6. The van der Waals surface area contributed by atoms with Gasteiger partial charge in [0, 0.05) is 12.1 Å². The minimum absolute atomic E-state index is 0.0941. The van der Waals surface area contributed by atoms with E-state index in [1.54, 1.807) is 17.0 Å². The number of ether oxygens (including phenoxy) is 1. The van der Waals surface area contributed by atoms with Gasteiger partial charge in [-0.1, -0.05) is 30.7 Å². The molecule has 1 aromatic rings. The molecule has 0 amide bonds. The zero-order valence-electron chi connectivity index (χ0n) is 9.87. The summed E-state index contributed by atoms with van der Waals surface area (Å²) in [4.78, 5) is 12.9. The molecule has 0 aromatic heterocycles. The average Bonchev–Trinajstić information content (AvgIpc) is 2.33. The summed E-state index contributed by atoms with van der Waals surface area (Å²) in [7, 11) is 1.33. The molecule has 1 aromatic carbocycles. The molecule has 0 bridgehead atoms. The molecule has 5 heteroatoms. The van der Waals surface area contributed by atoms with E-state index in [9.17, 15) is 9.18 Å². The highest BCUT2D eigenvalue weighted by Gasteiger charge is 2.13. The minimum Gasteiger partial charge on any atom is -0.468 e. The number of hydrogen-bond donors (Lipinski definition) is 0. The Hall–Kier alpha value is -1.13. The third-order valence-electron chi connectivity index (χ3n) is 2.45. The van der Waals surface area contributed by atoms with Crippen LogP contribution in [0.2, 0.25) is 5.02 Å². The van der Waals surface area contributed by atoms with E-state index in [-0.39, 0.29) is 17.5 Å². The Bertz CT molecular complexity index is 398. The molecule has 0 N–H and O–H groups in total. The van der Waals surface area contributed by atoms with Crippen molar-refractivity contribution in [1.82, 2.24) is 4.90 Å². The topological polar surface area (TPSA) is 29.5 Å². The molecule has 0 saturated carbocycles. The maximum atomic E-state index is 13.6. The Morgan fingerprint density at radius 2 is 2.24 bits per heavy atom. The van der Waals surface area contributed by atoms with E-state index in [1.807, 2.05) is 6.92 Å². The molecule has 1 rings (SSSR count). The smallest absolute Gasteiger partial charge is 0.319 e. The van der Waals surface area contributed by atoms with E-state index in [2.05, 4.69) is 4.74 Å². The summed E-state index contributed by atoms with van der Waals surface area (Å²) in [5, 5.41) is 0.0941. The number of carbonyl (C=O) groups is 1. The lowest BCUT2D eigenvalue weighted by molar-refractivity contribution is -0.142. The first kappa shape index (κ1) is 13.9. The van der Waals surface area contributed by atoms with E-state index in [0.29, 0.717) is 18.7 Å². The van der Waals surface area contributed by atoms with Crippen LogP contribution in [-0.2, 0) is 16.1 Å². The van der Waals surface area contributed by atoms with Crippen LogP contribution >= 0.6 is 11.6 Å². The fourth-order valence-corrected chi connectivity index (χ4v) is 1.63. The number of esters is 1. The Labute approximate surface area is 105 Å². The van der Waals surface area contributed by atoms with Crippen molar-refractivity contribution in [3.05, 3.63) is 34.6 Å². The van der Waals surface area contributed by atoms with E-state index in [4.69, 9.17) is 11.6 Å². The van der Waals surface area contributed by atoms with Crippen molar-refractivity contribution in [3.8, 4) is 0 Å². The van der Waals surface area contributed by atoms with Crippen LogP contribution in [-0.4, -0.2) is 31.1 Å². The predicted molar refractivity (Wildman–Crippen MR) is 64.4 cm³/mol. The first-order valence-electron chi connectivity index (χ1n) is 5.30. The van der Waals surface area contributed by atoms with Gasteiger partial charge in [-0.15, -0.1) is 0 Å². The minimum atomic E-state index is -0.433. The van der Waals surface area contributed by atoms with Crippen molar-refractivity contribution >= 4 is 17.6 Å². The second kappa shape index (κ2) is 6.57. The van der Waals surface area contributed by atoms with Gasteiger partial charge >= 0.3 is 5.97 Å². The van der Waals surface area contributed by atoms with Gasteiger partial charge in [0.05, 0.1) is 18.7 Å². The number of methoxy groups -OCH3 is 1. The second-order valence-corrected chi connectivity index (χ2v) is 4.00. The van der Waals surface area contributed by atoms with E-state index in [1.165, 1.54) is 13.2 Å². The van der Waals surface area contributed by atoms with Crippen molar-refractivity contribution < 1.29 is 13.9 Å². The number of halogens is 2. The number of hydrogen-bond acceptors (Lipinski definition) is 3. The standard InChI is InChI=1S/C12H15ClFNO2/c1-3-15(8-11(16)17-2)7-9-5-4-6-10(13)12(9)14/h4-6H,3,7-8H2,1-2H3. The Morgan fingerprint density at radius 3 is 2.82 bits per heavy atom. The Kier molecular flexibility index (Phi) is 5.38. The summed E-state index contributed by atoms with van der Waals surface area (Å²) in [6.45, 7) is 2.99. The number of benzene rings is 1. The zero-order chi connectivity index (χ0) is 12.8. The molecular formula is C12H15ClFNO2. The molecule has 0 unspecified atom stereocenters. The lowest BCUT2D eigenvalue weighted by Crippen LogP contribution is -2.30. The van der Waals surface area contributed by atoms with Crippen LogP contribution in [0.25, 0.3) is 0 Å². The summed E-state index contributed by atoms with van der Waals surface area (Å²) < 4.78 is 18.2. The molecule has 0 heterocycles. The summed E-state index contributed by atoms with van der Waals surface area (Å²) in [6.07, 6.45) is 0. The summed E-state index contributed by atoms with van der Waals surface area (Å²) >= 11 is 5.69. The van der Waals surface area contributed by atoms with Crippen LogP contribution in [0, 0.1) is 5.82 Å². The summed E-state index contributed by atoms with van der Waals surface area (Å²) in [6, 6.07) is 4.84. The van der Waals surface area contributed by atoms with Crippen LogP contribution < -0.4 is 0 Å². The molecule has 0 saturated heterocycles. The van der Waals surface area contributed by atoms with Gasteiger partial charge in [0.1, 0.15) is 5.82 Å². The van der Waals surface area contributed by atoms with Crippen molar-refractivity contribution in [2.45, 2.75) is 13.5 Å². The maximum absolute atomic E-state index is 13.6. The van der Waals surface area contributed by atoms with Crippen LogP contribution in [0.1, 0.15) is 12.5 Å². The maximum Gasteiger partial charge on any atom is 0.319 e. The molecule has 3 nitrogen and oxygen atoms in total. The molecule has 0 spiro atoms. The van der Waals surface area contributed by atoms with Crippen molar-refractivity contribution in [3.63, 3.8) is 0 Å². The Morgan fingerprint density at radius 1 is 1.53 bits per heavy atom. The molecule has 17 heavy (non-hydrogen) atoms. The lowest BCUT2D eigenvalue weighted by atomic mass is 10.2. The average molecular weight is 260 g/mol. The number of carbonyl (C=O) groups excluding carboxylic acids is 1. The molecule has 0 aliphatic carbocycles. The quantitative estimate of drug-likeness (QED) is 0.761. The number of nitrogens with zero attached hydrogens (tertiary/aromatic N) is 1. The van der Waals surface area contributed by atoms with Crippen molar-refractivity contribution in [2.75, 3.05) is 20.2 Å². The highest BCUT2D eigenvalue weighted by Crippen LogP contribution is 2.19. The predicted octanol–water partition coefficient (Wildman–Crippen LogP) is 2.47. The van der Waals surface area contributed by atoms with Crippen molar-refractivity contribution in [1.29, 1.82) is 0 Å². The first-order chi connectivity index (χ1) is 8.08. The van der Waals surface area contributed by atoms with Crippen LogP contribution in [0.3, 0.4) is 0 Å². The lowest BCUT2D eigenvalue weighted by Gasteiger charge is -2.19. The van der Waals surface area contributed by atoms with Crippen molar-refractivity contribution in [2.24, 2.45) is 0 Å². The van der Waals surface area contributed by atoms with Gasteiger partial charge in [0.25, 0.3) is 0 Å². The molecule has 0 atom stereocenters. The van der Waals surface area contributed by atoms with E-state index >= 15 is 0 Å². The summed E-state index contributed by atoms with van der Waals surface area (Å²) in [5.41, 5.74) is 0.475. The fourth-order valence-electron chi connectivity index (χ4n) is 1.44. The fraction of sp³-hybridized carbons (Fsp3) is 0.417. The molecule has 0 aliphatic heterocycles. The number of rotatable bonds is 5. The number of likely N-dealkylation sites (N-methyl/N-ethyl adjacent to an activating group) is 1. The van der Waals surface area contributed by atoms with Crippen LogP contribution in [0.15, 0.2) is 18.2 Å². The van der Waals surface area contributed by atoms with Gasteiger partial charge < -0.3 is 4.74 Å². The Balaban J connectivity index is 2.73. The van der Waals surface area contributed by atoms with Gasteiger partial charge in [-0.05, 0) is 12.6 Å². The van der Waals surface area contributed by atoms with E-state index < -0.39 is 5.82 Å². The molecule has 94 valence electrons. The van der Waals surface area contributed by atoms with Gasteiger partial charge in [-0.2, -0.15) is 0 Å². The third kappa shape index (κ3) is 3.98. The largest absolute Gasteiger partial charge is 0.468 e. The van der Waals surface area contributed by atoms with Gasteiger partial charge in [0.2, 0.25) is 0 Å². The van der Waals surface area contributed by atoms with Crippen LogP contribution in [0.5, 0.6) is 0 Å². The highest BCUT2D eigenvalue weighted by molar-refractivity contribution is 6.30. The third-order valence-corrected chi connectivity index (χ3v) is 2.75. The molecule has 0 aliphatic rings. The SMILES string of the molecule is CCN(CC(=O)OC)Cc1cccc(Cl)c1F. The monoisotopic (exact) mass is 259 g/mol. The highest BCUT2D eigenvalue weighted by atomic mass is 35.5. The van der Waals surface area contributed by atoms with Gasteiger partial charge in [-0.3, -0.25) is 9.69 Å². The zero-order valence-corrected chi connectivity index (χ0v) is 10.6. The molecule has 0 radical (unpaired) electrons. The van der Waals surface area contributed by atoms with Gasteiger partial charge in [-0.25, -0.2) is 4.39 Å². The van der Waals surface area contributed by atoms with E-state index in [0.717, 1.165) is 0 Å². The molecular weight excluding hydrogens is 245 g/mol. The van der Waals surface area contributed by atoms with Gasteiger partial charge in [0.15, 0.2) is 0 Å². The molecule has 0 fully saturated rings. The summed E-state index contributed by atoms with van der Waals surface area (Å²) in [5.74, 6) is -0.772. The second-order valence-electron chi connectivity index (χ2n) is 3.59.